The Morgan fingerprint density at radius 2 is 1.87 bits per heavy atom. The van der Waals surface area contributed by atoms with E-state index in [1.807, 2.05) is 0 Å². The molecule has 0 aliphatic carbocycles. The Balaban J connectivity index is 1.91. The van der Waals surface area contributed by atoms with Crippen LogP contribution >= 0.6 is 0 Å². The maximum Gasteiger partial charge on any atom is 0.363 e. The molecule has 116 valence electrons. The Kier molecular flexibility index (Phi) is 3.89. The number of cyclic esters (lactones) is 1. The van der Waals surface area contributed by atoms with Gasteiger partial charge in [0.15, 0.2) is 17.3 Å². The molecule has 0 saturated heterocycles. The van der Waals surface area contributed by atoms with E-state index in [9.17, 15) is 13.6 Å². The van der Waals surface area contributed by atoms with Crippen molar-refractivity contribution in [3.8, 4) is 5.75 Å². The molecule has 2 aromatic rings. The quantitative estimate of drug-likeness (QED) is 0.645. The van der Waals surface area contributed by atoms with E-state index < -0.39 is 17.6 Å². The predicted molar refractivity (Wildman–Crippen MR) is 80.0 cm³/mol. The van der Waals surface area contributed by atoms with Crippen LogP contribution in [0.15, 0.2) is 53.2 Å². The monoisotopic (exact) mass is 315 g/mol. The Bertz CT molecular complexity index is 826. The Labute approximate surface area is 130 Å². The number of halogens is 2. The summed E-state index contributed by atoms with van der Waals surface area (Å²) in [6.45, 7) is 0. The second-order valence-electron chi connectivity index (χ2n) is 4.74. The van der Waals surface area contributed by atoms with E-state index in [1.165, 1.54) is 49.6 Å². The summed E-state index contributed by atoms with van der Waals surface area (Å²) in [5.41, 5.74) is 0.956. The van der Waals surface area contributed by atoms with Gasteiger partial charge in [0.25, 0.3) is 0 Å². The van der Waals surface area contributed by atoms with Gasteiger partial charge in [-0.2, -0.15) is 0 Å². The van der Waals surface area contributed by atoms with Crippen molar-refractivity contribution in [2.45, 2.75) is 0 Å². The zero-order valence-corrected chi connectivity index (χ0v) is 12.0. The molecule has 0 amide bonds. The molecule has 0 aromatic heterocycles. The molecule has 1 heterocycles. The summed E-state index contributed by atoms with van der Waals surface area (Å²) in [6, 6.07) is 9.66. The van der Waals surface area contributed by atoms with Crippen LogP contribution in [0.25, 0.3) is 6.08 Å². The van der Waals surface area contributed by atoms with Gasteiger partial charge in [-0.3, -0.25) is 0 Å². The number of ether oxygens (including phenoxy) is 2. The first-order valence-corrected chi connectivity index (χ1v) is 6.69. The third-order valence-corrected chi connectivity index (χ3v) is 3.19. The predicted octanol–water partition coefficient (Wildman–Crippen LogP) is 3.32. The lowest BCUT2D eigenvalue weighted by atomic mass is 10.2. The molecule has 0 spiro atoms. The zero-order valence-electron chi connectivity index (χ0n) is 12.0. The van der Waals surface area contributed by atoms with Crippen LogP contribution < -0.4 is 4.74 Å². The highest BCUT2D eigenvalue weighted by molar-refractivity contribution is 6.12. The molecule has 0 bridgehead atoms. The molecule has 2 aromatic carbocycles. The summed E-state index contributed by atoms with van der Waals surface area (Å²) in [4.78, 5) is 15.9. The van der Waals surface area contributed by atoms with E-state index in [2.05, 4.69) is 4.99 Å². The second kappa shape index (κ2) is 6.00. The van der Waals surface area contributed by atoms with E-state index in [0.717, 1.165) is 0 Å². The molecule has 0 unspecified atom stereocenters. The number of rotatable bonds is 3. The summed E-state index contributed by atoms with van der Waals surface area (Å²) in [5, 5.41) is 0. The highest BCUT2D eigenvalue weighted by Crippen LogP contribution is 2.22. The van der Waals surface area contributed by atoms with Gasteiger partial charge in [-0.1, -0.05) is 6.07 Å². The number of nitrogens with zero attached hydrogens (tertiary/aromatic N) is 1. The van der Waals surface area contributed by atoms with Crippen LogP contribution in [0.2, 0.25) is 0 Å². The van der Waals surface area contributed by atoms with Gasteiger partial charge in [0, 0.05) is 5.56 Å². The van der Waals surface area contributed by atoms with E-state index in [4.69, 9.17) is 9.47 Å². The van der Waals surface area contributed by atoms with Crippen molar-refractivity contribution in [3.63, 3.8) is 0 Å². The molecule has 1 aliphatic heterocycles. The average molecular weight is 315 g/mol. The fourth-order valence-corrected chi connectivity index (χ4v) is 2.06. The summed E-state index contributed by atoms with van der Waals surface area (Å²) >= 11 is 0. The lowest BCUT2D eigenvalue weighted by Crippen LogP contribution is -2.05. The van der Waals surface area contributed by atoms with Crippen molar-refractivity contribution in [1.29, 1.82) is 0 Å². The number of aliphatic imine (C=N–C) groups is 1. The van der Waals surface area contributed by atoms with E-state index >= 15 is 0 Å². The lowest BCUT2D eigenvalue weighted by Gasteiger charge is -2.01. The van der Waals surface area contributed by atoms with Crippen molar-refractivity contribution in [1.82, 2.24) is 0 Å². The van der Waals surface area contributed by atoms with Gasteiger partial charge in [0.2, 0.25) is 5.90 Å². The van der Waals surface area contributed by atoms with Gasteiger partial charge >= 0.3 is 5.97 Å². The number of benzene rings is 2. The van der Waals surface area contributed by atoms with Gasteiger partial charge in [0.05, 0.1) is 7.11 Å². The number of hydrogen-bond donors (Lipinski definition) is 0. The number of esters is 1. The molecule has 6 heteroatoms. The summed E-state index contributed by atoms with van der Waals surface area (Å²) in [5.74, 6) is -1.41. The van der Waals surface area contributed by atoms with Crippen molar-refractivity contribution >= 4 is 17.9 Å². The molecule has 0 saturated carbocycles. The summed E-state index contributed by atoms with van der Waals surface area (Å²) < 4.78 is 36.4. The van der Waals surface area contributed by atoms with Crippen molar-refractivity contribution in [2.24, 2.45) is 4.99 Å². The number of carbonyl (C=O) groups excluding carboxylic acids is 1. The minimum absolute atomic E-state index is 0.0360. The molecule has 0 atom stereocenters. The smallest absolute Gasteiger partial charge is 0.363 e. The molecule has 0 fully saturated rings. The highest BCUT2D eigenvalue weighted by Gasteiger charge is 2.24. The number of methoxy groups -OCH3 is 1. The second-order valence-corrected chi connectivity index (χ2v) is 4.74. The fraction of sp³-hybridized carbons (Fsp3) is 0.0588. The molecular formula is C17H11F2NO3. The van der Waals surface area contributed by atoms with Gasteiger partial charge in [-0.25, -0.2) is 18.6 Å². The Hall–Kier alpha value is -3.02. The van der Waals surface area contributed by atoms with Crippen LogP contribution in [0.5, 0.6) is 5.75 Å². The summed E-state index contributed by atoms with van der Waals surface area (Å²) in [7, 11) is 1.37. The van der Waals surface area contributed by atoms with Gasteiger partial charge in [-0.05, 0) is 48.0 Å². The average Bonchev–Trinajstić information content (AvgIpc) is 2.89. The lowest BCUT2D eigenvalue weighted by molar-refractivity contribution is -0.129. The SMILES string of the molecule is COc1ccc(/C=C2/N=C(c3ccc(F)cc3)OC2=O)cc1F. The van der Waals surface area contributed by atoms with Gasteiger partial charge in [-0.15, -0.1) is 0 Å². The van der Waals surface area contributed by atoms with Crippen molar-refractivity contribution < 1.29 is 23.0 Å². The number of hydrogen-bond acceptors (Lipinski definition) is 4. The van der Waals surface area contributed by atoms with Crippen LogP contribution in [-0.2, 0) is 9.53 Å². The molecular weight excluding hydrogens is 304 g/mol. The van der Waals surface area contributed by atoms with Gasteiger partial charge < -0.3 is 9.47 Å². The van der Waals surface area contributed by atoms with Crippen LogP contribution in [0.1, 0.15) is 11.1 Å². The molecule has 3 rings (SSSR count). The normalized spacial score (nSPS) is 15.5. The first-order chi connectivity index (χ1) is 11.1. The topological polar surface area (TPSA) is 47.9 Å². The first-order valence-electron chi connectivity index (χ1n) is 6.69. The van der Waals surface area contributed by atoms with E-state index in [1.54, 1.807) is 6.07 Å². The third-order valence-electron chi connectivity index (χ3n) is 3.19. The minimum Gasteiger partial charge on any atom is -0.494 e. The van der Waals surface area contributed by atoms with Crippen LogP contribution in [0, 0.1) is 11.6 Å². The van der Waals surface area contributed by atoms with Crippen LogP contribution in [0.3, 0.4) is 0 Å². The van der Waals surface area contributed by atoms with Crippen LogP contribution in [0.4, 0.5) is 8.78 Å². The molecule has 4 nitrogen and oxygen atoms in total. The maximum absolute atomic E-state index is 13.7. The Morgan fingerprint density at radius 1 is 1.13 bits per heavy atom. The zero-order chi connectivity index (χ0) is 16.4. The highest BCUT2D eigenvalue weighted by atomic mass is 19.1. The number of carbonyl (C=O) groups is 1. The van der Waals surface area contributed by atoms with Crippen molar-refractivity contribution in [2.75, 3.05) is 7.11 Å². The first kappa shape index (κ1) is 14.9. The minimum atomic E-state index is -0.652. The molecule has 0 N–H and O–H groups in total. The van der Waals surface area contributed by atoms with E-state index in [0.29, 0.717) is 11.1 Å². The summed E-state index contributed by atoms with van der Waals surface area (Å²) in [6.07, 6.45) is 1.40. The van der Waals surface area contributed by atoms with E-state index in [-0.39, 0.29) is 17.3 Å². The standard InChI is InChI=1S/C17H11F2NO3/c1-22-15-7-2-10(8-13(15)19)9-14-17(21)23-16(20-14)11-3-5-12(18)6-4-11/h2-9H,1H3/b14-9+. The molecule has 1 aliphatic rings. The molecule has 23 heavy (non-hydrogen) atoms. The fourth-order valence-electron chi connectivity index (χ4n) is 2.06. The van der Waals surface area contributed by atoms with Crippen LogP contribution in [-0.4, -0.2) is 19.0 Å². The van der Waals surface area contributed by atoms with Crippen molar-refractivity contribution in [3.05, 3.63) is 70.9 Å². The molecule has 0 radical (unpaired) electrons. The Morgan fingerprint density at radius 3 is 2.52 bits per heavy atom. The third kappa shape index (κ3) is 3.11. The maximum atomic E-state index is 13.7. The largest absolute Gasteiger partial charge is 0.494 e. The van der Waals surface area contributed by atoms with Gasteiger partial charge in [0.1, 0.15) is 5.82 Å².